The van der Waals surface area contributed by atoms with Crippen LogP contribution in [0.25, 0.3) is 0 Å². The molecule has 0 aliphatic heterocycles. The molecule has 0 fully saturated rings. The molecule has 0 spiro atoms. The largest absolute Gasteiger partial charge is 0.497 e. The van der Waals surface area contributed by atoms with Gasteiger partial charge in [0.25, 0.3) is 0 Å². The third-order valence-electron chi connectivity index (χ3n) is 3.34. The number of sulfone groups is 1. The quantitative estimate of drug-likeness (QED) is 0.846. The fourth-order valence-corrected chi connectivity index (χ4v) is 3.44. The van der Waals surface area contributed by atoms with Crippen molar-refractivity contribution in [3.05, 3.63) is 52.5 Å². The van der Waals surface area contributed by atoms with Crippen LogP contribution in [0.1, 0.15) is 18.5 Å². The van der Waals surface area contributed by atoms with Gasteiger partial charge in [0.1, 0.15) is 5.75 Å². The first-order valence-corrected chi connectivity index (χ1v) is 9.40. The molecule has 0 amide bonds. The van der Waals surface area contributed by atoms with Gasteiger partial charge in [0.15, 0.2) is 9.84 Å². The monoisotopic (exact) mass is 383 g/mol. The number of rotatable bonds is 5. The van der Waals surface area contributed by atoms with Crippen molar-refractivity contribution in [2.45, 2.75) is 17.9 Å². The van der Waals surface area contributed by atoms with Gasteiger partial charge < -0.3 is 10.1 Å². The van der Waals surface area contributed by atoms with Crippen LogP contribution in [0.3, 0.4) is 0 Å². The maximum absolute atomic E-state index is 11.5. The van der Waals surface area contributed by atoms with E-state index in [0.29, 0.717) is 4.90 Å². The standard InChI is InChI=1S/C16H18BrNO3S/c1-11(15-9-6-13(21-2)10-16(15)17)18-12-4-7-14(8-5-12)22(3,19)20/h4-11,18H,1-3H3/t11-/m1/s1. The molecule has 118 valence electrons. The summed E-state index contributed by atoms with van der Waals surface area (Å²) in [6.45, 7) is 2.04. The van der Waals surface area contributed by atoms with Crippen LogP contribution in [0.5, 0.6) is 5.75 Å². The van der Waals surface area contributed by atoms with E-state index in [9.17, 15) is 8.42 Å². The van der Waals surface area contributed by atoms with Crippen molar-refractivity contribution in [1.29, 1.82) is 0 Å². The normalized spacial score (nSPS) is 12.7. The first-order valence-electron chi connectivity index (χ1n) is 6.71. The molecule has 0 unspecified atom stereocenters. The minimum absolute atomic E-state index is 0.0596. The van der Waals surface area contributed by atoms with E-state index < -0.39 is 9.84 Å². The highest BCUT2D eigenvalue weighted by molar-refractivity contribution is 9.10. The van der Waals surface area contributed by atoms with Crippen molar-refractivity contribution in [2.75, 3.05) is 18.7 Å². The Morgan fingerprint density at radius 2 is 1.77 bits per heavy atom. The zero-order valence-corrected chi connectivity index (χ0v) is 15.0. The molecule has 2 aromatic carbocycles. The topological polar surface area (TPSA) is 55.4 Å². The van der Waals surface area contributed by atoms with E-state index in [2.05, 4.69) is 21.2 Å². The van der Waals surface area contributed by atoms with Crippen LogP contribution in [-0.4, -0.2) is 21.8 Å². The van der Waals surface area contributed by atoms with Gasteiger partial charge in [-0.05, 0) is 48.9 Å². The van der Waals surface area contributed by atoms with Crippen LogP contribution in [-0.2, 0) is 9.84 Å². The molecule has 0 saturated heterocycles. The van der Waals surface area contributed by atoms with Crippen molar-refractivity contribution >= 4 is 31.5 Å². The first-order chi connectivity index (χ1) is 10.3. The van der Waals surface area contributed by atoms with Gasteiger partial charge in [0, 0.05) is 22.5 Å². The summed E-state index contributed by atoms with van der Waals surface area (Å²) in [6.07, 6.45) is 1.20. The van der Waals surface area contributed by atoms with E-state index in [0.717, 1.165) is 21.5 Å². The van der Waals surface area contributed by atoms with Gasteiger partial charge in [-0.3, -0.25) is 0 Å². The van der Waals surface area contributed by atoms with Gasteiger partial charge >= 0.3 is 0 Å². The lowest BCUT2D eigenvalue weighted by atomic mass is 10.1. The lowest BCUT2D eigenvalue weighted by Crippen LogP contribution is -2.07. The summed E-state index contributed by atoms with van der Waals surface area (Å²) in [4.78, 5) is 0.316. The van der Waals surface area contributed by atoms with Crippen LogP contribution in [0.4, 0.5) is 5.69 Å². The molecule has 0 bridgehead atoms. The molecule has 4 nitrogen and oxygen atoms in total. The van der Waals surface area contributed by atoms with Crippen LogP contribution in [0.15, 0.2) is 51.8 Å². The molecule has 6 heteroatoms. The summed E-state index contributed by atoms with van der Waals surface area (Å²) < 4.78 is 29.1. The predicted molar refractivity (Wildman–Crippen MR) is 92.3 cm³/mol. The van der Waals surface area contributed by atoms with Crippen LogP contribution in [0.2, 0.25) is 0 Å². The molecule has 0 aliphatic rings. The Labute approximate surface area is 139 Å². The number of methoxy groups -OCH3 is 1. The average Bonchev–Trinajstić information content (AvgIpc) is 2.46. The summed E-state index contributed by atoms with van der Waals surface area (Å²) >= 11 is 3.54. The van der Waals surface area contributed by atoms with Gasteiger partial charge in [-0.25, -0.2) is 8.42 Å². The minimum atomic E-state index is -3.16. The van der Waals surface area contributed by atoms with Crippen molar-refractivity contribution in [1.82, 2.24) is 0 Å². The molecule has 0 heterocycles. The minimum Gasteiger partial charge on any atom is -0.497 e. The molecule has 0 aliphatic carbocycles. The van der Waals surface area contributed by atoms with Crippen LogP contribution >= 0.6 is 15.9 Å². The highest BCUT2D eigenvalue weighted by atomic mass is 79.9. The summed E-state index contributed by atoms with van der Waals surface area (Å²) in [6, 6.07) is 12.6. The van der Waals surface area contributed by atoms with Gasteiger partial charge in [-0.15, -0.1) is 0 Å². The Balaban J connectivity index is 2.16. The summed E-state index contributed by atoms with van der Waals surface area (Å²) in [5.41, 5.74) is 1.95. The molecular weight excluding hydrogens is 366 g/mol. The highest BCUT2D eigenvalue weighted by Gasteiger charge is 2.11. The fraction of sp³-hybridized carbons (Fsp3) is 0.250. The molecule has 0 saturated carbocycles. The predicted octanol–water partition coefficient (Wildman–Crippen LogP) is 4.03. The number of hydrogen-bond donors (Lipinski definition) is 1. The molecule has 22 heavy (non-hydrogen) atoms. The maximum Gasteiger partial charge on any atom is 0.175 e. The van der Waals surface area contributed by atoms with Gasteiger partial charge in [-0.1, -0.05) is 22.0 Å². The van der Waals surface area contributed by atoms with Crippen molar-refractivity contribution in [3.63, 3.8) is 0 Å². The summed E-state index contributed by atoms with van der Waals surface area (Å²) in [7, 11) is -1.53. The Hall–Kier alpha value is -1.53. The zero-order valence-electron chi connectivity index (χ0n) is 12.6. The van der Waals surface area contributed by atoms with Gasteiger partial charge in [-0.2, -0.15) is 0 Å². The lowest BCUT2D eigenvalue weighted by molar-refractivity contribution is 0.414. The number of benzene rings is 2. The number of nitrogens with one attached hydrogen (secondary N) is 1. The summed E-state index contributed by atoms with van der Waals surface area (Å²) in [5.74, 6) is 0.792. The molecule has 2 rings (SSSR count). The van der Waals surface area contributed by atoms with Crippen LogP contribution in [0, 0.1) is 0 Å². The first kappa shape index (κ1) is 16.8. The van der Waals surface area contributed by atoms with E-state index in [-0.39, 0.29) is 6.04 Å². The van der Waals surface area contributed by atoms with E-state index in [1.807, 2.05) is 25.1 Å². The van der Waals surface area contributed by atoms with E-state index in [1.54, 1.807) is 31.4 Å². The highest BCUT2D eigenvalue weighted by Crippen LogP contribution is 2.29. The maximum atomic E-state index is 11.5. The van der Waals surface area contributed by atoms with Gasteiger partial charge in [0.2, 0.25) is 0 Å². The second-order valence-corrected chi connectivity index (χ2v) is 7.92. The third-order valence-corrected chi connectivity index (χ3v) is 5.15. The van der Waals surface area contributed by atoms with Crippen molar-refractivity contribution in [3.8, 4) is 5.75 Å². The van der Waals surface area contributed by atoms with E-state index >= 15 is 0 Å². The lowest BCUT2D eigenvalue weighted by Gasteiger charge is -2.18. The number of halogens is 1. The number of hydrogen-bond acceptors (Lipinski definition) is 4. The smallest absolute Gasteiger partial charge is 0.175 e. The van der Waals surface area contributed by atoms with Crippen LogP contribution < -0.4 is 10.1 Å². The average molecular weight is 384 g/mol. The Kier molecular flexibility index (Phi) is 5.13. The zero-order chi connectivity index (χ0) is 16.3. The Morgan fingerprint density at radius 3 is 2.27 bits per heavy atom. The Morgan fingerprint density at radius 1 is 1.14 bits per heavy atom. The molecule has 1 N–H and O–H groups in total. The summed E-state index contributed by atoms with van der Waals surface area (Å²) in [5, 5.41) is 3.35. The number of anilines is 1. The molecule has 2 aromatic rings. The third kappa shape index (κ3) is 4.01. The molecule has 0 radical (unpaired) electrons. The van der Waals surface area contributed by atoms with E-state index in [1.165, 1.54) is 6.26 Å². The van der Waals surface area contributed by atoms with Crippen molar-refractivity contribution < 1.29 is 13.2 Å². The fourth-order valence-electron chi connectivity index (χ4n) is 2.11. The van der Waals surface area contributed by atoms with Crippen molar-refractivity contribution in [2.24, 2.45) is 0 Å². The number of ether oxygens (including phenoxy) is 1. The molecule has 1 atom stereocenters. The Bertz CT molecular complexity index is 757. The van der Waals surface area contributed by atoms with Gasteiger partial charge in [0.05, 0.1) is 12.0 Å². The SMILES string of the molecule is COc1ccc([C@@H](C)Nc2ccc(S(C)(=O)=O)cc2)c(Br)c1. The second-order valence-electron chi connectivity index (χ2n) is 5.05. The second kappa shape index (κ2) is 6.71. The van der Waals surface area contributed by atoms with E-state index in [4.69, 9.17) is 4.74 Å². The molecule has 0 aromatic heterocycles. The molecular formula is C16H18BrNO3S.